The Morgan fingerprint density at radius 3 is 2.25 bits per heavy atom. The second-order valence-electron chi connectivity index (χ2n) is 5.17. The number of piperazine rings is 1. The molecule has 0 amide bonds. The number of carboxylic acids is 1. The Labute approximate surface area is 97.2 Å². The number of hydrogen-bond donors (Lipinski definition) is 1. The zero-order chi connectivity index (χ0) is 11.5. The normalized spacial score (nSPS) is 27.1. The molecule has 1 N–H and O–H groups in total. The lowest BCUT2D eigenvalue weighted by molar-refractivity contribution is -0.146. The summed E-state index contributed by atoms with van der Waals surface area (Å²) < 4.78 is 0. The third-order valence-corrected chi connectivity index (χ3v) is 4.03. The van der Waals surface area contributed by atoms with Crippen LogP contribution in [-0.2, 0) is 4.79 Å². The van der Waals surface area contributed by atoms with Gasteiger partial charge < -0.3 is 10.0 Å². The largest absolute Gasteiger partial charge is 0.480 e. The lowest BCUT2D eigenvalue weighted by Crippen LogP contribution is -2.53. The van der Waals surface area contributed by atoms with E-state index < -0.39 is 5.97 Å². The molecule has 1 saturated carbocycles. The molecule has 4 heteroatoms. The summed E-state index contributed by atoms with van der Waals surface area (Å²) in [5.74, 6) is -0.225. The van der Waals surface area contributed by atoms with E-state index in [1.807, 2.05) is 0 Å². The predicted molar refractivity (Wildman–Crippen MR) is 62.5 cm³/mol. The summed E-state index contributed by atoms with van der Waals surface area (Å²) in [6.07, 6.45) is 4.62. The Hall–Kier alpha value is -0.610. The highest BCUT2D eigenvalue weighted by Gasteiger charge is 2.36. The van der Waals surface area contributed by atoms with Crippen molar-refractivity contribution in [3.05, 3.63) is 0 Å². The van der Waals surface area contributed by atoms with Crippen LogP contribution in [0.3, 0.4) is 0 Å². The van der Waals surface area contributed by atoms with Crippen molar-refractivity contribution in [2.45, 2.75) is 31.7 Å². The van der Waals surface area contributed by atoms with Crippen molar-refractivity contribution in [1.29, 1.82) is 0 Å². The van der Waals surface area contributed by atoms with Crippen LogP contribution in [0.2, 0.25) is 0 Å². The minimum atomic E-state index is -0.614. The van der Waals surface area contributed by atoms with E-state index in [0.717, 1.165) is 39.0 Å². The Balaban J connectivity index is 1.98. The number of aliphatic carboxylic acids is 1. The highest BCUT2D eigenvalue weighted by Crippen LogP contribution is 2.30. The first-order valence-electron chi connectivity index (χ1n) is 6.34. The van der Waals surface area contributed by atoms with Gasteiger partial charge in [0.05, 0.1) is 0 Å². The monoisotopic (exact) mass is 226 g/mol. The van der Waals surface area contributed by atoms with Crippen LogP contribution >= 0.6 is 0 Å². The second kappa shape index (κ2) is 5.15. The quantitative estimate of drug-likeness (QED) is 0.776. The van der Waals surface area contributed by atoms with Gasteiger partial charge in [0.25, 0.3) is 0 Å². The molecule has 1 unspecified atom stereocenters. The van der Waals surface area contributed by atoms with Crippen molar-refractivity contribution < 1.29 is 9.90 Å². The number of hydrogen-bond acceptors (Lipinski definition) is 3. The molecule has 2 fully saturated rings. The molecule has 1 aliphatic carbocycles. The molecule has 0 aromatic rings. The summed E-state index contributed by atoms with van der Waals surface area (Å²) in [5.41, 5.74) is 0. The molecule has 4 nitrogen and oxygen atoms in total. The number of rotatable bonds is 3. The molecule has 2 aliphatic rings. The molecule has 0 bridgehead atoms. The molecule has 1 atom stereocenters. The van der Waals surface area contributed by atoms with E-state index in [1.165, 1.54) is 12.8 Å². The highest BCUT2D eigenvalue weighted by atomic mass is 16.4. The van der Waals surface area contributed by atoms with Crippen LogP contribution in [0.4, 0.5) is 0 Å². The van der Waals surface area contributed by atoms with Gasteiger partial charge in [-0.2, -0.15) is 0 Å². The van der Waals surface area contributed by atoms with Crippen molar-refractivity contribution in [2.75, 3.05) is 33.2 Å². The number of nitrogens with zero attached hydrogens (tertiary/aromatic N) is 2. The number of likely N-dealkylation sites (N-methyl/N-ethyl adjacent to an activating group) is 1. The van der Waals surface area contributed by atoms with Gasteiger partial charge in [-0.25, -0.2) is 0 Å². The highest BCUT2D eigenvalue weighted by molar-refractivity contribution is 5.74. The van der Waals surface area contributed by atoms with E-state index >= 15 is 0 Å². The van der Waals surface area contributed by atoms with E-state index in [4.69, 9.17) is 0 Å². The van der Waals surface area contributed by atoms with Gasteiger partial charge in [0.1, 0.15) is 6.04 Å². The molecule has 1 heterocycles. The first-order valence-corrected chi connectivity index (χ1v) is 6.34. The fourth-order valence-corrected chi connectivity index (χ4v) is 3.03. The van der Waals surface area contributed by atoms with E-state index in [1.54, 1.807) is 0 Å². The van der Waals surface area contributed by atoms with Gasteiger partial charge in [0.2, 0.25) is 0 Å². The maximum Gasteiger partial charge on any atom is 0.321 e. The van der Waals surface area contributed by atoms with Crippen LogP contribution < -0.4 is 0 Å². The molecule has 0 radical (unpaired) electrons. The van der Waals surface area contributed by atoms with Crippen molar-refractivity contribution in [3.8, 4) is 0 Å². The van der Waals surface area contributed by atoms with Crippen LogP contribution in [0.15, 0.2) is 0 Å². The molecule has 2 rings (SSSR count). The first-order chi connectivity index (χ1) is 7.68. The van der Waals surface area contributed by atoms with Crippen molar-refractivity contribution in [3.63, 3.8) is 0 Å². The van der Waals surface area contributed by atoms with Gasteiger partial charge >= 0.3 is 5.97 Å². The fourth-order valence-electron chi connectivity index (χ4n) is 3.03. The number of carboxylic acid groups (broad SMARTS) is 1. The zero-order valence-corrected chi connectivity index (χ0v) is 10.1. The maximum absolute atomic E-state index is 11.4. The summed E-state index contributed by atoms with van der Waals surface area (Å²) in [7, 11) is 2.10. The van der Waals surface area contributed by atoms with Gasteiger partial charge in [0.15, 0.2) is 0 Å². The summed E-state index contributed by atoms with van der Waals surface area (Å²) in [5, 5.41) is 9.40. The molecule has 1 saturated heterocycles. The molecule has 0 aromatic heterocycles. The van der Waals surface area contributed by atoms with E-state index in [0.29, 0.717) is 5.92 Å². The Morgan fingerprint density at radius 1 is 1.19 bits per heavy atom. The second-order valence-corrected chi connectivity index (χ2v) is 5.17. The van der Waals surface area contributed by atoms with Crippen LogP contribution in [0.5, 0.6) is 0 Å². The van der Waals surface area contributed by atoms with Crippen LogP contribution in [0, 0.1) is 5.92 Å². The Bertz CT molecular complexity index is 243. The average Bonchev–Trinajstić information content (AvgIpc) is 2.74. The smallest absolute Gasteiger partial charge is 0.321 e. The van der Waals surface area contributed by atoms with Crippen LogP contribution in [-0.4, -0.2) is 60.1 Å². The Kier molecular flexibility index (Phi) is 3.82. The lowest BCUT2D eigenvalue weighted by atomic mass is 9.96. The van der Waals surface area contributed by atoms with Gasteiger partial charge in [-0.05, 0) is 25.8 Å². The minimum Gasteiger partial charge on any atom is -0.480 e. The summed E-state index contributed by atoms with van der Waals surface area (Å²) in [6, 6.07) is -0.226. The predicted octanol–water partition coefficient (Wildman–Crippen LogP) is 0.877. The van der Waals surface area contributed by atoms with Gasteiger partial charge in [-0.1, -0.05) is 12.8 Å². The van der Waals surface area contributed by atoms with Crippen LogP contribution in [0.1, 0.15) is 25.7 Å². The van der Waals surface area contributed by atoms with E-state index in [9.17, 15) is 9.90 Å². The van der Waals surface area contributed by atoms with Gasteiger partial charge in [-0.3, -0.25) is 9.69 Å². The molecule has 1 aliphatic heterocycles. The van der Waals surface area contributed by atoms with Crippen molar-refractivity contribution in [2.24, 2.45) is 5.92 Å². The summed E-state index contributed by atoms with van der Waals surface area (Å²) in [6.45, 7) is 3.81. The first kappa shape index (κ1) is 11.9. The third kappa shape index (κ3) is 2.55. The van der Waals surface area contributed by atoms with E-state index in [2.05, 4.69) is 16.8 Å². The standard InChI is InChI=1S/C12H22N2O2/c1-13-6-8-14(9-7-13)11(12(15)16)10-4-2-3-5-10/h10-11H,2-9H2,1H3,(H,15,16). The fraction of sp³-hybridized carbons (Fsp3) is 0.917. The van der Waals surface area contributed by atoms with E-state index in [-0.39, 0.29) is 6.04 Å². The number of carbonyl (C=O) groups is 1. The molecular weight excluding hydrogens is 204 g/mol. The zero-order valence-electron chi connectivity index (χ0n) is 10.1. The average molecular weight is 226 g/mol. The Morgan fingerprint density at radius 2 is 1.75 bits per heavy atom. The topological polar surface area (TPSA) is 43.8 Å². The van der Waals surface area contributed by atoms with Crippen LogP contribution in [0.25, 0.3) is 0 Å². The summed E-state index contributed by atoms with van der Waals surface area (Å²) in [4.78, 5) is 15.9. The lowest BCUT2D eigenvalue weighted by Gasteiger charge is -2.38. The molecule has 16 heavy (non-hydrogen) atoms. The molecule has 0 aromatic carbocycles. The maximum atomic E-state index is 11.4. The van der Waals surface area contributed by atoms with Crippen molar-refractivity contribution >= 4 is 5.97 Å². The van der Waals surface area contributed by atoms with Crippen molar-refractivity contribution in [1.82, 2.24) is 9.80 Å². The third-order valence-electron chi connectivity index (χ3n) is 4.03. The van der Waals surface area contributed by atoms with Gasteiger partial charge in [-0.15, -0.1) is 0 Å². The SMILES string of the molecule is CN1CCN(C(C(=O)O)C2CCCC2)CC1. The molecule has 92 valence electrons. The summed E-state index contributed by atoms with van der Waals surface area (Å²) >= 11 is 0. The molecule has 0 spiro atoms. The molecular formula is C12H22N2O2. The minimum absolute atomic E-state index is 0.226. The van der Waals surface area contributed by atoms with Gasteiger partial charge in [0, 0.05) is 26.2 Å².